The lowest BCUT2D eigenvalue weighted by Gasteiger charge is -2.24. The summed E-state index contributed by atoms with van der Waals surface area (Å²) in [5.74, 6) is -4.30. The van der Waals surface area contributed by atoms with Crippen LogP contribution in [0.5, 0.6) is 0 Å². The fourth-order valence-corrected chi connectivity index (χ4v) is 6.73. The molecule has 0 bridgehead atoms. The van der Waals surface area contributed by atoms with E-state index in [-0.39, 0.29) is 28.0 Å². The summed E-state index contributed by atoms with van der Waals surface area (Å²) in [6.07, 6.45) is 4.24. The number of rotatable bonds is 11. The third-order valence-electron chi connectivity index (χ3n) is 6.97. The molecule has 44 heavy (non-hydrogen) atoms. The third-order valence-corrected chi connectivity index (χ3v) is 9.27. The number of anilines is 3. The Balaban J connectivity index is 1.46. The van der Waals surface area contributed by atoms with Gasteiger partial charge >= 0.3 is 11.9 Å². The Labute approximate surface area is 263 Å². The molecule has 1 aliphatic rings. The first kappa shape index (κ1) is 32.5. The summed E-state index contributed by atoms with van der Waals surface area (Å²) in [6, 6.07) is 15.8. The van der Waals surface area contributed by atoms with Crippen molar-refractivity contribution in [1.29, 1.82) is 0 Å². The number of allylic oxidation sites excluding steroid dienone is 2. The van der Waals surface area contributed by atoms with E-state index in [4.69, 9.17) is 4.74 Å². The number of carboxylic acids is 1. The highest BCUT2D eigenvalue weighted by Crippen LogP contribution is 2.36. The van der Waals surface area contributed by atoms with Crippen molar-refractivity contribution in [2.24, 2.45) is 11.8 Å². The lowest BCUT2D eigenvalue weighted by molar-refractivity contribution is -0.146. The molecule has 0 saturated carbocycles. The minimum absolute atomic E-state index is 0.126. The molecule has 1 aromatic heterocycles. The number of aliphatic carboxylic acids is 1. The first-order valence-electron chi connectivity index (χ1n) is 14.0. The van der Waals surface area contributed by atoms with Crippen molar-refractivity contribution < 1.29 is 33.8 Å². The number of carbonyl (C=O) groups is 5. The number of amides is 3. The van der Waals surface area contributed by atoms with Gasteiger partial charge in [0, 0.05) is 16.3 Å². The number of carbonyl (C=O) groups excluding carboxylic acids is 4. The van der Waals surface area contributed by atoms with Crippen LogP contribution in [0.15, 0.2) is 71.6 Å². The molecule has 10 nitrogen and oxygen atoms in total. The zero-order valence-electron chi connectivity index (χ0n) is 24.4. The van der Waals surface area contributed by atoms with Crippen molar-refractivity contribution in [3.8, 4) is 0 Å². The zero-order valence-corrected chi connectivity index (χ0v) is 26.1. The van der Waals surface area contributed by atoms with Gasteiger partial charge in [-0.05, 0) is 69.5 Å². The molecule has 3 atom stereocenters. The average Bonchev–Trinajstić information content (AvgIpc) is 3.33. The number of thioether (sulfide) groups is 1. The lowest BCUT2D eigenvalue weighted by atomic mass is 9.82. The highest BCUT2D eigenvalue weighted by atomic mass is 32.2. The molecule has 1 heterocycles. The van der Waals surface area contributed by atoms with Crippen molar-refractivity contribution in [3.63, 3.8) is 0 Å². The molecule has 0 spiro atoms. The Morgan fingerprint density at radius 2 is 1.64 bits per heavy atom. The summed E-state index contributed by atoms with van der Waals surface area (Å²) >= 11 is 2.23. The molecule has 3 amide bonds. The van der Waals surface area contributed by atoms with Gasteiger partial charge in [-0.3, -0.25) is 19.2 Å². The fraction of sp³-hybridized carbons (Fsp3) is 0.281. The molecule has 1 aliphatic carbocycles. The highest BCUT2D eigenvalue weighted by Gasteiger charge is 2.34. The van der Waals surface area contributed by atoms with Crippen LogP contribution in [0.2, 0.25) is 0 Å². The number of thiophene rings is 1. The first-order chi connectivity index (χ1) is 21.1. The molecule has 3 aromatic rings. The van der Waals surface area contributed by atoms with E-state index in [0.717, 1.165) is 11.3 Å². The summed E-state index contributed by atoms with van der Waals surface area (Å²) < 4.78 is 5.22. The van der Waals surface area contributed by atoms with Gasteiger partial charge in [0.1, 0.15) is 5.00 Å². The third kappa shape index (κ3) is 7.94. The van der Waals surface area contributed by atoms with Gasteiger partial charge in [0.15, 0.2) is 0 Å². The van der Waals surface area contributed by atoms with Gasteiger partial charge in [0.2, 0.25) is 11.8 Å². The predicted molar refractivity (Wildman–Crippen MR) is 171 cm³/mol. The summed E-state index contributed by atoms with van der Waals surface area (Å²) in [5, 5.41) is 17.5. The molecule has 0 saturated heterocycles. The topological polar surface area (TPSA) is 151 Å². The predicted octanol–water partition coefficient (Wildman–Crippen LogP) is 6.21. The number of esters is 1. The van der Waals surface area contributed by atoms with Crippen LogP contribution >= 0.6 is 23.1 Å². The maximum Gasteiger partial charge on any atom is 0.341 e. The van der Waals surface area contributed by atoms with Gasteiger partial charge in [-0.25, -0.2) is 4.79 Å². The first-order valence-corrected chi connectivity index (χ1v) is 15.7. The largest absolute Gasteiger partial charge is 0.481 e. The molecule has 12 heteroatoms. The molecule has 230 valence electrons. The molecule has 4 rings (SSSR count). The van der Waals surface area contributed by atoms with Crippen LogP contribution < -0.4 is 16.0 Å². The number of carboxylic acid groups (broad SMARTS) is 1. The molecule has 0 fully saturated rings. The van der Waals surface area contributed by atoms with E-state index in [2.05, 4.69) is 16.0 Å². The monoisotopic (exact) mass is 635 g/mol. The van der Waals surface area contributed by atoms with Crippen LogP contribution in [0.3, 0.4) is 0 Å². The average molecular weight is 636 g/mol. The van der Waals surface area contributed by atoms with Crippen LogP contribution in [0.1, 0.15) is 52.3 Å². The SMILES string of the molecule is CCOC(=O)c1c(NC(=O)C(C)Sc2cccc(NC(=O)C3CC=CCC3C(=O)O)c2)sc(C(=O)Nc2ccccc2)c1C. The fourth-order valence-electron chi connectivity index (χ4n) is 4.71. The van der Waals surface area contributed by atoms with E-state index >= 15 is 0 Å². The van der Waals surface area contributed by atoms with Gasteiger partial charge in [0.25, 0.3) is 5.91 Å². The summed E-state index contributed by atoms with van der Waals surface area (Å²) in [6.45, 7) is 5.14. The summed E-state index contributed by atoms with van der Waals surface area (Å²) in [7, 11) is 0. The molecule has 0 aliphatic heterocycles. The van der Waals surface area contributed by atoms with E-state index in [0.29, 0.717) is 34.7 Å². The lowest BCUT2D eigenvalue weighted by Crippen LogP contribution is -2.34. The van der Waals surface area contributed by atoms with Crippen molar-refractivity contribution in [2.45, 2.75) is 43.8 Å². The Morgan fingerprint density at radius 3 is 2.32 bits per heavy atom. The molecular weight excluding hydrogens is 603 g/mol. The van der Waals surface area contributed by atoms with Gasteiger partial charge in [-0.2, -0.15) is 0 Å². The van der Waals surface area contributed by atoms with E-state index in [1.165, 1.54) is 11.8 Å². The van der Waals surface area contributed by atoms with Crippen molar-refractivity contribution >= 4 is 69.1 Å². The van der Waals surface area contributed by atoms with Crippen molar-refractivity contribution in [1.82, 2.24) is 0 Å². The summed E-state index contributed by atoms with van der Waals surface area (Å²) in [4.78, 5) is 64.7. The standard InChI is InChI=1S/C32H33N3O7S2/c1-4-42-32(41)25-18(2)26(29(38)33-20-11-6-5-7-12-20)44-30(25)35-27(36)19(3)43-22-14-10-13-21(17-22)34-28(37)23-15-8-9-16-24(23)31(39)40/h5-14,17,19,23-24H,4,15-16H2,1-3H3,(H,33,38)(H,34,37)(H,35,36)(H,39,40). The van der Waals surface area contributed by atoms with Gasteiger partial charge in [-0.1, -0.05) is 36.4 Å². The Bertz CT molecular complexity index is 1590. The van der Waals surface area contributed by atoms with Gasteiger partial charge < -0.3 is 25.8 Å². The van der Waals surface area contributed by atoms with Crippen molar-refractivity contribution in [3.05, 3.63) is 82.8 Å². The number of hydrogen-bond acceptors (Lipinski definition) is 8. The van der Waals surface area contributed by atoms with Gasteiger partial charge in [-0.15, -0.1) is 23.1 Å². The number of hydrogen-bond donors (Lipinski definition) is 4. The van der Waals surface area contributed by atoms with Crippen LogP contribution in [0.25, 0.3) is 0 Å². The number of nitrogens with one attached hydrogen (secondary N) is 3. The Hall–Kier alpha value is -4.42. The summed E-state index contributed by atoms with van der Waals surface area (Å²) in [5.41, 5.74) is 1.61. The smallest absolute Gasteiger partial charge is 0.341 e. The minimum Gasteiger partial charge on any atom is -0.481 e. The number of benzene rings is 2. The van der Waals surface area contributed by atoms with Crippen molar-refractivity contribution in [2.75, 3.05) is 22.6 Å². The van der Waals surface area contributed by atoms with Crippen LogP contribution in [-0.2, 0) is 19.1 Å². The Kier molecular flexibility index (Phi) is 11.0. The quantitative estimate of drug-likeness (QED) is 0.110. The molecule has 3 unspecified atom stereocenters. The maximum atomic E-state index is 13.3. The second-order valence-corrected chi connectivity index (χ2v) is 12.5. The molecule has 2 aromatic carbocycles. The zero-order chi connectivity index (χ0) is 31.8. The molecule has 0 radical (unpaired) electrons. The normalized spacial score (nSPS) is 16.4. The Morgan fingerprint density at radius 1 is 0.955 bits per heavy atom. The molecular formula is C32H33N3O7S2. The van der Waals surface area contributed by atoms with Crippen LogP contribution in [0, 0.1) is 18.8 Å². The van der Waals surface area contributed by atoms with E-state index in [1.54, 1.807) is 75.4 Å². The van der Waals surface area contributed by atoms with E-state index < -0.39 is 40.8 Å². The van der Waals surface area contributed by atoms with E-state index in [9.17, 15) is 29.1 Å². The van der Waals surface area contributed by atoms with Crippen LogP contribution in [0.4, 0.5) is 16.4 Å². The second kappa shape index (κ2) is 14.8. The minimum atomic E-state index is -1.00. The highest BCUT2D eigenvalue weighted by molar-refractivity contribution is 8.00. The number of ether oxygens (including phenoxy) is 1. The molecule has 4 N–H and O–H groups in total. The van der Waals surface area contributed by atoms with Crippen LogP contribution in [-0.4, -0.2) is 46.6 Å². The maximum absolute atomic E-state index is 13.3. The second-order valence-electron chi connectivity index (χ2n) is 10.1. The van der Waals surface area contributed by atoms with Gasteiger partial charge in [0.05, 0.1) is 34.1 Å². The van der Waals surface area contributed by atoms with E-state index in [1.807, 2.05) is 12.1 Å². The number of para-hydroxylation sites is 1.